The maximum atomic E-state index is 9.66. The van der Waals surface area contributed by atoms with Crippen molar-refractivity contribution in [1.82, 2.24) is 0 Å². The number of ether oxygens (including phenoxy) is 1. The van der Waals surface area contributed by atoms with Crippen LogP contribution < -0.4 is 4.74 Å². The van der Waals surface area contributed by atoms with E-state index in [-0.39, 0.29) is 13.2 Å². The minimum atomic E-state index is -1.04. The van der Waals surface area contributed by atoms with Crippen molar-refractivity contribution in [3.63, 3.8) is 0 Å². The predicted octanol–water partition coefficient (Wildman–Crippen LogP) is 5.55. The van der Waals surface area contributed by atoms with E-state index in [2.05, 4.69) is 31.7 Å². The van der Waals surface area contributed by atoms with Crippen LogP contribution in [0, 0.1) is 12.3 Å². The molecule has 0 aliphatic carbocycles. The summed E-state index contributed by atoms with van der Waals surface area (Å²) in [6.07, 6.45) is 8.58. The van der Waals surface area contributed by atoms with Crippen LogP contribution in [0.3, 0.4) is 0 Å². The Kier molecular flexibility index (Phi) is 10.7. The number of nitrogens with zero attached hydrogens (tertiary/aromatic N) is 1. The molecule has 0 bridgehead atoms. The highest BCUT2D eigenvalue weighted by molar-refractivity contribution is 6.79. The topological polar surface area (TPSA) is 62.0 Å². The number of aliphatic imine (C=N–C) groups is 1. The van der Waals surface area contributed by atoms with E-state index in [9.17, 15) is 10.2 Å². The summed E-state index contributed by atoms with van der Waals surface area (Å²) in [7, 11) is -1.04. The van der Waals surface area contributed by atoms with Crippen molar-refractivity contribution < 1.29 is 14.9 Å². The molecular weight excluding hydrogens is 414 g/mol. The lowest BCUT2D eigenvalue weighted by Gasteiger charge is -2.27. The number of aliphatic hydroxyl groups is 2. The standard InChI is InChI=1S/C27H37NO3Si/c1-5-22-16-25(19-29)27(26(17-22)20-30)31-21-24-12-10-23(11-13-24)18-28-14-9-15-32(6-2,7-3)8-4/h1,10-13,16-18,29-30H,6-9,14-15,19-21H2,2-4H3. The zero-order chi connectivity index (χ0) is 23.4. The van der Waals surface area contributed by atoms with Crippen LogP contribution in [0.4, 0.5) is 0 Å². The second-order valence-corrected chi connectivity index (χ2v) is 13.9. The minimum Gasteiger partial charge on any atom is -0.488 e. The van der Waals surface area contributed by atoms with Gasteiger partial charge in [0.15, 0.2) is 0 Å². The van der Waals surface area contributed by atoms with Gasteiger partial charge in [-0.15, -0.1) is 6.42 Å². The SMILES string of the molecule is C#Cc1cc(CO)c(OCc2ccc(C=NCCC[Si](CC)(CC)CC)cc2)c(CO)c1. The lowest BCUT2D eigenvalue weighted by molar-refractivity contribution is 0.242. The van der Waals surface area contributed by atoms with E-state index < -0.39 is 8.07 Å². The summed E-state index contributed by atoms with van der Waals surface area (Å²) in [4.78, 5) is 4.63. The van der Waals surface area contributed by atoms with E-state index in [1.807, 2.05) is 30.5 Å². The Bertz CT molecular complexity index is 878. The monoisotopic (exact) mass is 451 g/mol. The number of terminal acetylenes is 1. The van der Waals surface area contributed by atoms with Gasteiger partial charge >= 0.3 is 0 Å². The third-order valence-corrected chi connectivity index (χ3v) is 12.5. The number of benzene rings is 2. The maximum Gasteiger partial charge on any atom is 0.130 e. The van der Waals surface area contributed by atoms with Crippen LogP contribution >= 0.6 is 0 Å². The molecule has 172 valence electrons. The van der Waals surface area contributed by atoms with Crippen LogP contribution in [0.5, 0.6) is 5.75 Å². The van der Waals surface area contributed by atoms with E-state index in [0.29, 0.717) is 29.0 Å². The quantitative estimate of drug-likeness (QED) is 0.182. The van der Waals surface area contributed by atoms with E-state index in [0.717, 1.165) is 17.7 Å². The van der Waals surface area contributed by atoms with Gasteiger partial charge in [-0.3, -0.25) is 4.99 Å². The smallest absolute Gasteiger partial charge is 0.130 e. The summed E-state index contributed by atoms with van der Waals surface area (Å²) in [5.74, 6) is 3.03. The van der Waals surface area contributed by atoms with Crippen LogP contribution in [-0.4, -0.2) is 31.0 Å². The normalized spacial score (nSPS) is 11.6. The van der Waals surface area contributed by atoms with Crippen molar-refractivity contribution in [2.45, 2.75) is 71.2 Å². The third-order valence-electron chi connectivity index (χ3n) is 6.60. The van der Waals surface area contributed by atoms with Crippen LogP contribution in [0.15, 0.2) is 41.4 Å². The lowest BCUT2D eigenvalue weighted by atomic mass is 10.0. The van der Waals surface area contributed by atoms with Gasteiger partial charge in [-0.25, -0.2) is 0 Å². The Hall–Kier alpha value is -2.39. The minimum absolute atomic E-state index is 0.203. The number of hydrogen-bond acceptors (Lipinski definition) is 4. The van der Waals surface area contributed by atoms with Crippen molar-refractivity contribution in [1.29, 1.82) is 0 Å². The van der Waals surface area contributed by atoms with Gasteiger partial charge in [0.05, 0.1) is 21.3 Å². The summed E-state index contributed by atoms with van der Waals surface area (Å²) >= 11 is 0. The molecule has 0 amide bonds. The molecule has 0 unspecified atom stereocenters. The average molecular weight is 452 g/mol. The molecule has 0 aromatic heterocycles. The van der Waals surface area contributed by atoms with Gasteiger partial charge in [-0.05, 0) is 29.7 Å². The summed E-state index contributed by atoms with van der Waals surface area (Å²) in [5, 5.41) is 19.3. The van der Waals surface area contributed by atoms with E-state index in [4.69, 9.17) is 11.2 Å². The van der Waals surface area contributed by atoms with E-state index in [1.54, 1.807) is 12.1 Å². The first kappa shape index (κ1) is 25.9. The van der Waals surface area contributed by atoms with Gasteiger partial charge in [0.2, 0.25) is 0 Å². The molecule has 0 aliphatic rings. The first-order valence-corrected chi connectivity index (χ1v) is 14.4. The molecule has 5 heteroatoms. The van der Waals surface area contributed by atoms with Gasteiger partial charge < -0.3 is 14.9 Å². The Morgan fingerprint density at radius 1 is 1.00 bits per heavy atom. The average Bonchev–Trinajstić information content (AvgIpc) is 2.85. The predicted molar refractivity (Wildman–Crippen MR) is 136 cm³/mol. The Morgan fingerprint density at radius 3 is 2.09 bits per heavy atom. The van der Waals surface area contributed by atoms with Crippen LogP contribution in [0.1, 0.15) is 55.0 Å². The van der Waals surface area contributed by atoms with Crippen LogP contribution in [0.25, 0.3) is 0 Å². The number of rotatable bonds is 13. The van der Waals surface area contributed by atoms with Crippen LogP contribution in [0.2, 0.25) is 24.2 Å². The fourth-order valence-corrected chi connectivity index (χ4v) is 7.58. The van der Waals surface area contributed by atoms with Gasteiger partial charge in [-0.2, -0.15) is 0 Å². The highest BCUT2D eigenvalue weighted by Gasteiger charge is 2.25. The molecule has 0 fully saturated rings. The second-order valence-electron chi connectivity index (χ2n) is 8.31. The Morgan fingerprint density at radius 2 is 1.59 bits per heavy atom. The fourth-order valence-electron chi connectivity index (χ4n) is 4.11. The lowest BCUT2D eigenvalue weighted by Crippen LogP contribution is -2.31. The van der Waals surface area contributed by atoms with Crippen LogP contribution in [-0.2, 0) is 19.8 Å². The molecule has 0 atom stereocenters. The molecule has 2 N–H and O–H groups in total. The first-order chi connectivity index (χ1) is 15.5. The van der Waals surface area contributed by atoms with Gasteiger partial charge in [0, 0.05) is 29.4 Å². The molecule has 4 nitrogen and oxygen atoms in total. The second kappa shape index (κ2) is 13.2. The summed E-state index contributed by atoms with van der Waals surface area (Å²) in [6.45, 7) is 7.89. The summed E-state index contributed by atoms with van der Waals surface area (Å²) < 4.78 is 5.93. The largest absolute Gasteiger partial charge is 0.488 e. The molecule has 0 saturated carbocycles. The summed E-state index contributed by atoms with van der Waals surface area (Å²) in [6, 6.07) is 17.0. The third kappa shape index (κ3) is 7.06. The summed E-state index contributed by atoms with van der Waals surface area (Å²) in [5.41, 5.74) is 3.84. The fraction of sp³-hybridized carbons (Fsp3) is 0.444. The number of hydrogen-bond donors (Lipinski definition) is 2. The maximum absolute atomic E-state index is 9.66. The van der Waals surface area contributed by atoms with Gasteiger partial charge in [0.25, 0.3) is 0 Å². The van der Waals surface area contributed by atoms with Crippen molar-refractivity contribution >= 4 is 14.3 Å². The molecular formula is C27H37NO3Si. The molecule has 0 saturated heterocycles. The molecule has 2 aromatic carbocycles. The number of aliphatic hydroxyl groups excluding tert-OH is 2. The highest BCUT2D eigenvalue weighted by Crippen LogP contribution is 2.28. The molecule has 2 aromatic rings. The molecule has 0 heterocycles. The Balaban J connectivity index is 1.92. The first-order valence-electron chi connectivity index (χ1n) is 11.6. The highest BCUT2D eigenvalue weighted by atomic mass is 28.3. The van der Waals surface area contributed by atoms with Crippen molar-refractivity contribution in [3.8, 4) is 18.1 Å². The molecule has 0 spiro atoms. The molecule has 32 heavy (non-hydrogen) atoms. The zero-order valence-electron chi connectivity index (χ0n) is 19.7. The van der Waals surface area contributed by atoms with E-state index >= 15 is 0 Å². The van der Waals surface area contributed by atoms with Crippen molar-refractivity contribution in [3.05, 3.63) is 64.2 Å². The molecule has 0 aliphatic heterocycles. The van der Waals surface area contributed by atoms with Crippen molar-refractivity contribution in [2.75, 3.05) is 6.54 Å². The zero-order valence-corrected chi connectivity index (χ0v) is 20.7. The molecule has 2 rings (SSSR count). The van der Waals surface area contributed by atoms with E-state index in [1.165, 1.54) is 30.6 Å². The van der Waals surface area contributed by atoms with Gasteiger partial charge in [-0.1, -0.05) is 75.1 Å². The Labute approximate surface area is 194 Å². The van der Waals surface area contributed by atoms with Crippen molar-refractivity contribution in [2.24, 2.45) is 4.99 Å². The van der Waals surface area contributed by atoms with Gasteiger partial charge in [0.1, 0.15) is 12.4 Å². The molecule has 0 radical (unpaired) electrons.